The van der Waals surface area contributed by atoms with Gasteiger partial charge in [-0.25, -0.2) is 4.98 Å². The van der Waals surface area contributed by atoms with Gasteiger partial charge in [-0.1, -0.05) is 0 Å². The van der Waals surface area contributed by atoms with Crippen molar-refractivity contribution in [2.24, 2.45) is 12.8 Å². The summed E-state index contributed by atoms with van der Waals surface area (Å²) >= 11 is 0. The SMILES string of the molecule is COc1cc(OC)cc(N(CC(COCC(C)(C)N)OS(C)(=O)=O)c2ccc3ncc(-c4cnn(C)c4)nc3c2)c1. The van der Waals surface area contributed by atoms with Crippen molar-refractivity contribution >= 4 is 32.5 Å². The second-order valence-electron chi connectivity index (χ2n) is 10.4. The maximum Gasteiger partial charge on any atom is 0.264 e. The Morgan fingerprint density at radius 1 is 1.02 bits per heavy atom. The summed E-state index contributed by atoms with van der Waals surface area (Å²) in [5.74, 6) is 1.12. The monoisotopic (exact) mass is 584 g/mol. The molecule has 0 bridgehead atoms. The van der Waals surface area contributed by atoms with Crippen LogP contribution in [0.5, 0.6) is 11.5 Å². The molecule has 13 heteroatoms. The van der Waals surface area contributed by atoms with Gasteiger partial charge in [-0.15, -0.1) is 0 Å². The molecule has 1 atom stereocenters. The van der Waals surface area contributed by atoms with Crippen LogP contribution in [0.3, 0.4) is 0 Å². The highest BCUT2D eigenvalue weighted by Gasteiger charge is 2.24. The van der Waals surface area contributed by atoms with Crippen LogP contribution < -0.4 is 20.1 Å². The van der Waals surface area contributed by atoms with Gasteiger partial charge in [0, 0.05) is 53.9 Å². The zero-order valence-corrected chi connectivity index (χ0v) is 24.9. The molecule has 4 aromatic rings. The first-order valence-electron chi connectivity index (χ1n) is 12.8. The summed E-state index contributed by atoms with van der Waals surface area (Å²) in [5.41, 5.74) is 9.71. The Balaban J connectivity index is 1.78. The molecular weight excluding hydrogens is 548 g/mol. The highest BCUT2D eigenvalue weighted by Crippen LogP contribution is 2.34. The van der Waals surface area contributed by atoms with E-state index < -0.39 is 21.8 Å². The van der Waals surface area contributed by atoms with E-state index in [2.05, 4.69) is 10.1 Å². The largest absolute Gasteiger partial charge is 0.497 e. The fourth-order valence-corrected chi connectivity index (χ4v) is 4.79. The molecule has 2 heterocycles. The zero-order chi connectivity index (χ0) is 29.8. The van der Waals surface area contributed by atoms with E-state index in [4.69, 9.17) is 29.1 Å². The third-order valence-electron chi connectivity index (χ3n) is 5.96. The number of hydrogen-bond donors (Lipinski definition) is 1. The predicted molar refractivity (Wildman–Crippen MR) is 157 cm³/mol. The van der Waals surface area contributed by atoms with Gasteiger partial charge < -0.3 is 24.8 Å². The average molecular weight is 585 g/mol. The van der Waals surface area contributed by atoms with Gasteiger partial charge in [-0.05, 0) is 32.0 Å². The zero-order valence-electron chi connectivity index (χ0n) is 24.1. The van der Waals surface area contributed by atoms with Gasteiger partial charge in [0.1, 0.15) is 17.6 Å². The van der Waals surface area contributed by atoms with Crippen molar-refractivity contribution in [3.63, 3.8) is 0 Å². The molecule has 2 aromatic heterocycles. The first-order valence-corrected chi connectivity index (χ1v) is 14.7. The van der Waals surface area contributed by atoms with Gasteiger partial charge in [0.25, 0.3) is 10.1 Å². The molecule has 0 aliphatic carbocycles. The van der Waals surface area contributed by atoms with E-state index in [-0.39, 0.29) is 19.8 Å². The standard InChI is InChI=1S/C28H36N6O6S/c1-28(2,29)18-39-17-24(40-41(6,35)36)16-34(21-9-22(37-4)12-23(10-21)38-5)20-7-8-25-26(11-20)32-27(14-30-25)19-13-31-33(3)15-19/h7-15,24H,16-18,29H2,1-6H3. The number of methoxy groups -OCH3 is 2. The lowest BCUT2D eigenvalue weighted by Gasteiger charge is -2.30. The molecule has 2 N–H and O–H groups in total. The summed E-state index contributed by atoms with van der Waals surface area (Å²) in [6.07, 6.45) is 5.44. The molecule has 0 saturated heterocycles. The molecule has 0 saturated carbocycles. The molecule has 0 fully saturated rings. The smallest absolute Gasteiger partial charge is 0.264 e. The molecule has 0 aliphatic rings. The summed E-state index contributed by atoms with van der Waals surface area (Å²) in [6, 6.07) is 11.0. The van der Waals surface area contributed by atoms with Crippen LogP contribution in [-0.4, -0.2) is 80.0 Å². The lowest BCUT2D eigenvalue weighted by atomic mass is 10.1. The summed E-state index contributed by atoms with van der Waals surface area (Å²) in [5, 5.41) is 4.23. The highest BCUT2D eigenvalue weighted by molar-refractivity contribution is 7.86. The van der Waals surface area contributed by atoms with Crippen molar-refractivity contribution in [3.8, 4) is 22.8 Å². The van der Waals surface area contributed by atoms with E-state index in [1.165, 1.54) is 0 Å². The average Bonchev–Trinajstić information content (AvgIpc) is 3.35. The summed E-state index contributed by atoms with van der Waals surface area (Å²) in [6.45, 7) is 3.96. The van der Waals surface area contributed by atoms with E-state index in [0.29, 0.717) is 39.6 Å². The Morgan fingerprint density at radius 3 is 2.32 bits per heavy atom. The molecule has 1 unspecified atom stereocenters. The van der Waals surface area contributed by atoms with Crippen molar-refractivity contribution in [2.75, 3.05) is 45.1 Å². The maximum absolute atomic E-state index is 12.2. The van der Waals surface area contributed by atoms with Crippen LogP contribution in [0.4, 0.5) is 11.4 Å². The van der Waals surface area contributed by atoms with E-state index in [1.807, 2.05) is 62.3 Å². The van der Waals surface area contributed by atoms with Gasteiger partial charge in [0.2, 0.25) is 0 Å². The second kappa shape index (κ2) is 12.4. The number of hydrogen-bond acceptors (Lipinski definition) is 11. The van der Waals surface area contributed by atoms with Crippen LogP contribution in [0.15, 0.2) is 55.0 Å². The summed E-state index contributed by atoms with van der Waals surface area (Å²) < 4.78 is 48.4. The van der Waals surface area contributed by atoms with Crippen LogP contribution >= 0.6 is 0 Å². The van der Waals surface area contributed by atoms with E-state index in [9.17, 15) is 8.42 Å². The molecule has 0 spiro atoms. The molecule has 4 rings (SSSR count). The fourth-order valence-electron chi connectivity index (χ4n) is 4.18. The number of rotatable bonds is 13. The molecule has 2 aromatic carbocycles. The number of ether oxygens (including phenoxy) is 3. The number of nitrogens with two attached hydrogens (primary N) is 1. The first-order chi connectivity index (χ1) is 19.3. The van der Waals surface area contributed by atoms with Crippen LogP contribution in [0.1, 0.15) is 13.8 Å². The molecule has 0 radical (unpaired) electrons. The minimum Gasteiger partial charge on any atom is -0.497 e. The number of aromatic nitrogens is 4. The van der Waals surface area contributed by atoms with Crippen molar-refractivity contribution in [1.29, 1.82) is 0 Å². The Hall–Kier alpha value is -3.78. The molecule has 12 nitrogen and oxygen atoms in total. The van der Waals surface area contributed by atoms with Crippen LogP contribution in [0, 0.1) is 0 Å². The Bertz CT molecular complexity index is 1580. The van der Waals surface area contributed by atoms with Gasteiger partial charge in [-0.3, -0.25) is 13.8 Å². The topological polar surface area (TPSA) is 144 Å². The molecule has 41 heavy (non-hydrogen) atoms. The quantitative estimate of drug-likeness (QED) is 0.231. The number of nitrogens with zero attached hydrogens (tertiary/aromatic N) is 5. The lowest BCUT2D eigenvalue weighted by Crippen LogP contribution is -2.40. The van der Waals surface area contributed by atoms with E-state index in [1.54, 1.807) is 37.4 Å². The Kier molecular flexibility index (Phi) is 9.12. The molecule has 220 valence electrons. The normalized spacial score (nSPS) is 12.9. The number of benzene rings is 2. The van der Waals surface area contributed by atoms with Gasteiger partial charge in [0.05, 0.1) is 69.4 Å². The van der Waals surface area contributed by atoms with Gasteiger partial charge in [0.15, 0.2) is 0 Å². The molecular formula is C28H36N6O6S. The van der Waals surface area contributed by atoms with Crippen LogP contribution in [0.2, 0.25) is 0 Å². The van der Waals surface area contributed by atoms with Crippen molar-refractivity contribution in [1.82, 2.24) is 19.7 Å². The van der Waals surface area contributed by atoms with E-state index >= 15 is 0 Å². The van der Waals surface area contributed by atoms with Gasteiger partial charge in [-0.2, -0.15) is 13.5 Å². The molecule has 0 amide bonds. The molecule has 0 aliphatic heterocycles. The maximum atomic E-state index is 12.2. The minimum absolute atomic E-state index is 0.0101. The number of anilines is 2. The Morgan fingerprint density at radius 2 is 1.73 bits per heavy atom. The summed E-state index contributed by atoms with van der Waals surface area (Å²) in [7, 11) is 1.15. The summed E-state index contributed by atoms with van der Waals surface area (Å²) in [4.78, 5) is 11.3. The minimum atomic E-state index is -3.81. The first kappa shape index (κ1) is 30.2. The van der Waals surface area contributed by atoms with Crippen molar-refractivity contribution in [2.45, 2.75) is 25.5 Å². The van der Waals surface area contributed by atoms with Crippen molar-refractivity contribution < 1.29 is 26.8 Å². The van der Waals surface area contributed by atoms with E-state index in [0.717, 1.165) is 11.8 Å². The lowest BCUT2D eigenvalue weighted by molar-refractivity contribution is 0.0378. The number of aryl methyl sites for hydroxylation is 1. The van der Waals surface area contributed by atoms with Gasteiger partial charge >= 0.3 is 0 Å². The third-order valence-corrected chi connectivity index (χ3v) is 6.58. The fraction of sp³-hybridized carbons (Fsp3) is 0.393. The number of fused-ring (bicyclic) bond motifs is 1. The van der Waals surface area contributed by atoms with Crippen LogP contribution in [-0.2, 0) is 26.1 Å². The highest BCUT2D eigenvalue weighted by atomic mass is 32.2. The predicted octanol–water partition coefficient (Wildman–Crippen LogP) is 3.28. The third kappa shape index (κ3) is 8.36. The van der Waals surface area contributed by atoms with Crippen LogP contribution in [0.25, 0.3) is 22.3 Å². The Labute approximate surface area is 240 Å². The van der Waals surface area contributed by atoms with Crippen molar-refractivity contribution in [3.05, 3.63) is 55.0 Å². The second-order valence-corrected chi connectivity index (χ2v) is 12.0.